The van der Waals surface area contributed by atoms with Gasteiger partial charge in [0.25, 0.3) is 5.91 Å². The third-order valence-corrected chi connectivity index (χ3v) is 4.91. The molecule has 0 spiro atoms. The molecule has 1 aliphatic rings. The number of Topliss-reactive ketones (excluding diaryl/α,β-unsaturated/α-hetero) is 1. The fourth-order valence-electron chi connectivity index (χ4n) is 3.63. The first kappa shape index (κ1) is 17.3. The summed E-state index contributed by atoms with van der Waals surface area (Å²) in [5.74, 6) is 0.839. The lowest BCUT2D eigenvalue weighted by Crippen LogP contribution is -2.33. The molecule has 1 aliphatic carbocycles. The number of aromatic nitrogens is 2. The summed E-state index contributed by atoms with van der Waals surface area (Å²) < 4.78 is 7.50. The maximum absolute atomic E-state index is 13.1. The Balaban J connectivity index is 1.65. The molecule has 0 fully saturated rings. The van der Waals surface area contributed by atoms with E-state index in [9.17, 15) is 9.59 Å². The van der Waals surface area contributed by atoms with Gasteiger partial charge in [-0.15, -0.1) is 0 Å². The van der Waals surface area contributed by atoms with Gasteiger partial charge < -0.3 is 9.73 Å². The zero-order valence-electron chi connectivity index (χ0n) is 15.1. The Hall–Kier alpha value is -3.15. The van der Waals surface area contributed by atoms with Crippen molar-refractivity contribution in [1.29, 1.82) is 0 Å². The summed E-state index contributed by atoms with van der Waals surface area (Å²) >= 11 is 0. The normalized spacial score (nSPS) is 14.6. The highest BCUT2D eigenvalue weighted by Gasteiger charge is 2.31. The molecule has 27 heavy (non-hydrogen) atoms. The van der Waals surface area contributed by atoms with Crippen LogP contribution in [0.15, 0.2) is 53.2 Å². The molecule has 0 saturated carbocycles. The van der Waals surface area contributed by atoms with Crippen molar-refractivity contribution in [2.75, 3.05) is 0 Å². The third-order valence-electron chi connectivity index (χ3n) is 4.91. The Morgan fingerprint density at radius 1 is 1.26 bits per heavy atom. The number of furan rings is 1. The molecule has 0 radical (unpaired) electrons. The lowest BCUT2D eigenvalue weighted by atomic mass is 9.93. The van der Waals surface area contributed by atoms with Crippen LogP contribution in [0.1, 0.15) is 56.7 Å². The number of nitrogens with zero attached hydrogens (tertiary/aromatic N) is 2. The van der Waals surface area contributed by atoms with Gasteiger partial charge in [-0.1, -0.05) is 30.3 Å². The van der Waals surface area contributed by atoms with E-state index in [2.05, 4.69) is 10.4 Å². The quantitative estimate of drug-likeness (QED) is 0.753. The van der Waals surface area contributed by atoms with Crippen molar-refractivity contribution in [3.05, 3.63) is 77.0 Å². The van der Waals surface area contributed by atoms with Crippen LogP contribution < -0.4 is 5.32 Å². The van der Waals surface area contributed by atoms with Crippen LogP contribution in [0.3, 0.4) is 0 Å². The van der Waals surface area contributed by atoms with E-state index in [1.165, 1.54) is 0 Å². The van der Waals surface area contributed by atoms with Crippen molar-refractivity contribution < 1.29 is 14.0 Å². The van der Waals surface area contributed by atoms with Gasteiger partial charge in [-0.3, -0.25) is 14.3 Å². The molecule has 3 aromatic rings. The molecule has 1 amide bonds. The fraction of sp³-hybridized carbons (Fsp3) is 0.286. The predicted molar refractivity (Wildman–Crippen MR) is 99.6 cm³/mol. The number of aryl methyl sites for hydroxylation is 2. The van der Waals surface area contributed by atoms with E-state index < -0.39 is 0 Å². The molecular formula is C21H21N3O3. The third kappa shape index (κ3) is 3.43. The first-order valence-electron chi connectivity index (χ1n) is 9.12. The maximum atomic E-state index is 13.1. The number of carbonyl (C=O) groups excluding carboxylic acids is 2. The van der Waals surface area contributed by atoms with E-state index in [-0.39, 0.29) is 17.7 Å². The number of fused-ring (bicyclic) bond motifs is 1. The van der Waals surface area contributed by atoms with Crippen LogP contribution in [-0.2, 0) is 13.0 Å². The SMILES string of the molecule is Cc1oc2c(c1C(=O)N[C@H](Cn1cccn1)c1ccccc1)C(=O)CCC2. The summed E-state index contributed by atoms with van der Waals surface area (Å²) in [6, 6.07) is 11.3. The maximum Gasteiger partial charge on any atom is 0.256 e. The molecular weight excluding hydrogens is 342 g/mol. The van der Waals surface area contributed by atoms with Crippen LogP contribution >= 0.6 is 0 Å². The summed E-state index contributed by atoms with van der Waals surface area (Å²) in [6.45, 7) is 2.24. The van der Waals surface area contributed by atoms with Gasteiger partial charge in [0.2, 0.25) is 0 Å². The van der Waals surface area contributed by atoms with Crippen molar-refractivity contribution in [3.8, 4) is 0 Å². The minimum atomic E-state index is -0.284. The van der Waals surface area contributed by atoms with E-state index in [0.717, 1.165) is 12.0 Å². The second-order valence-corrected chi connectivity index (χ2v) is 6.77. The summed E-state index contributed by atoms with van der Waals surface area (Å²) in [4.78, 5) is 25.5. The number of rotatable bonds is 5. The smallest absolute Gasteiger partial charge is 0.256 e. The summed E-state index contributed by atoms with van der Waals surface area (Å²) in [7, 11) is 0. The van der Waals surface area contributed by atoms with Gasteiger partial charge in [0, 0.05) is 25.2 Å². The molecule has 6 nitrogen and oxygen atoms in total. The summed E-state index contributed by atoms with van der Waals surface area (Å²) in [6.07, 6.45) is 5.49. The molecule has 0 aliphatic heterocycles. The lowest BCUT2D eigenvalue weighted by Gasteiger charge is -2.20. The van der Waals surface area contributed by atoms with Crippen molar-refractivity contribution in [1.82, 2.24) is 15.1 Å². The van der Waals surface area contributed by atoms with E-state index in [1.54, 1.807) is 17.8 Å². The Labute approximate surface area is 157 Å². The number of nitrogens with one attached hydrogen (secondary N) is 1. The van der Waals surface area contributed by atoms with Gasteiger partial charge in [0.05, 0.1) is 23.7 Å². The monoisotopic (exact) mass is 363 g/mol. The second-order valence-electron chi connectivity index (χ2n) is 6.77. The first-order chi connectivity index (χ1) is 13.1. The average Bonchev–Trinajstić information content (AvgIpc) is 3.29. The number of amides is 1. The molecule has 1 aromatic carbocycles. The molecule has 1 atom stereocenters. The largest absolute Gasteiger partial charge is 0.465 e. The van der Waals surface area contributed by atoms with E-state index in [4.69, 9.17) is 4.42 Å². The minimum absolute atomic E-state index is 0.0124. The van der Waals surface area contributed by atoms with Crippen LogP contribution in [0.5, 0.6) is 0 Å². The molecule has 138 valence electrons. The van der Waals surface area contributed by atoms with Gasteiger partial charge in [-0.2, -0.15) is 5.10 Å². The number of carbonyl (C=O) groups is 2. The standard InChI is InChI=1S/C21H21N3O3/c1-14-19(20-17(25)9-5-10-18(20)27-14)21(26)23-16(13-24-12-6-11-22-24)15-7-3-2-4-8-15/h2-4,6-8,11-12,16H,5,9-10,13H2,1H3,(H,23,26)/t16-/m1/s1. The average molecular weight is 363 g/mol. The minimum Gasteiger partial charge on any atom is -0.465 e. The highest BCUT2D eigenvalue weighted by molar-refractivity contribution is 6.10. The fourth-order valence-corrected chi connectivity index (χ4v) is 3.63. The molecule has 0 bridgehead atoms. The van der Waals surface area contributed by atoms with Crippen molar-refractivity contribution in [3.63, 3.8) is 0 Å². The number of benzene rings is 1. The lowest BCUT2D eigenvalue weighted by molar-refractivity contribution is 0.0912. The molecule has 2 heterocycles. The van der Waals surface area contributed by atoms with Crippen LogP contribution in [0.2, 0.25) is 0 Å². The van der Waals surface area contributed by atoms with Crippen LogP contribution in [0.4, 0.5) is 0 Å². The molecule has 4 rings (SSSR count). The van der Waals surface area contributed by atoms with Crippen molar-refractivity contribution in [2.24, 2.45) is 0 Å². The van der Waals surface area contributed by atoms with Crippen LogP contribution in [0, 0.1) is 6.92 Å². The highest BCUT2D eigenvalue weighted by Crippen LogP contribution is 2.30. The second kappa shape index (κ2) is 7.23. The Morgan fingerprint density at radius 2 is 2.07 bits per heavy atom. The van der Waals surface area contributed by atoms with Crippen molar-refractivity contribution >= 4 is 11.7 Å². The van der Waals surface area contributed by atoms with Gasteiger partial charge in [-0.05, 0) is 25.0 Å². The Bertz CT molecular complexity index is 958. The van der Waals surface area contributed by atoms with Gasteiger partial charge in [-0.25, -0.2) is 0 Å². The van der Waals surface area contributed by atoms with Crippen molar-refractivity contribution in [2.45, 2.75) is 38.8 Å². The Kier molecular flexibility index (Phi) is 4.62. The first-order valence-corrected chi connectivity index (χ1v) is 9.12. The molecule has 0 unspecified atom stereocenters. The van der Waals surface area contributed by atoms with Gasteiger partial charge in [0.1, 0.15) is 11.5 Å². The topological polar surface area (TPSA) is 77.1 Å². The molecule has 0 saturated heterocycles. The zero-order chi connectivity index (χ0) is 18.8. The van der Waals surface area contributed by atoms with E-state index in [1.807, 2.05) is 42.6 Å². The summed E-state index contributed by atoms with van der Waals surface area (Å²) in [5, 5.41) is 7.32. The molecule has 6 heteroatoms. The molecule has 2 aromatic heterocycles. The Morgan fingerprint density at radius 3 is 2.81 bits per heavy atom. The van der Waals surface area contributed by atoms with Gasteiger partial charge >= 0.3 is 0 Å². The van der Waals surface area contributed by atoms with Gasteiger partial charge in [0.15, 0.2) is 5.78 Å². The van der Waals surface area contributed by atoms with Crippen LogP contribution in [-0.4, -0.2) is 21.5 Å². The van der Waals surface area contributed by atoms with E-state index >= 15 is 0 Å². The number of hydrogen-bond donors (Lipinski definition) is 1. The van der Waals surface area contributed by atoms with E-state index in [0.29, 0.717) is 42.0 Å². The zero-order valence-corrected chi connectivity index (χ0v) is 15.1. The highest BCUT2D eigenvalue weighted by atomic mass is 16.3. The number of ketones is 1. The number of hydrogen-bond acceptors (Lipinski definition) is 4. The molecule has 1 N–H and O–H groups in total. The summed E-state index contributed by atoms with van der Waals surface area (Å²) in [5.41, 5.74) is 1.81. The predicted octanol–water partition coefficient (Wildman–Crippen LogP) is 3.47. The van der Waals surface area contributed by atoms with Crippen LogP contribution in [0.25, 0.3) is 0 Å².